The molecule has 2 N–H and O–H groups in total. The quantitative estimate of drug-likeness (QED) is 0.836. The molecule has 3 atom stereocenters. The van der Waals surface area contributed by atoms with Crippen molar-refractivity contribution in [1.29, 1.82) is 0 Å². The van der Waals surface area contributed by atoms with Crippen molar-refractivity contribution < 1.29 is 5.11 Å². The van der Waals surface area contributed by atoms with Crippen LogP contribution in [0.15, 0.2) is 9.59 Å². The number of nitrogens with zero attached hydrogens (tertiary/aromatic N) is 3. The summed E-state index contributed by atoms with van der Waals surface area (Å²) in [4.78, 5) is 34.1. The van der Waals surface area contributed by atoms with Crippen molar-refractivity contribution in [3.8, 4) is 0 Å². The third-order valence-corrected chi connectivity index (χ3v) is 7.22. The minimum atomic E-state index is -0.685. The number of aliphatic hydroxyl groups excluding tert-OH is 1. The third kappa shape index (κ3) is 2.33. The summed E-state index contributed by atoms with van der Waals surface area (Å²) in [5, 5.41) is 9.90. The molecule has 3 unspecified atom stereocenters. The van der Waals surface area contributed by atoms with Crippen molar-refractivity contribution in [2.75, 3.05) is 0 Å². The number of H-pyrrole nitrogens is 1. The lowest BCUT2D eigenvalue weighted by molar-refractivity contribution is 0.172. The summed E-state index contributed by atoms with van der Waals surface area (Å²) >= 11 is 0. The van der Waals surface area contributed by atoms with Crippen molar-refractivity contribution in [3.05, 3.63) is 26.7 Å². The first kappa shape index (κ1) is 17.2. The van der Waals surface area contributed by atoms with Crippen molar-refractivity contribution in [3.63, 3.8) is 0 Å². The Balaban J connectivity index is 1.72. The molecular weight excluding hydrogens is 344 g/mol. The van der Waals surface area contributed by atoms with E-state index in [1.165, 1.54) is 28.4 Å². The van der Waals surface area contributed by atoms with E-state index in [4.69, 9.17) is 4.98 Å². The van der Waals surface area contributed by atoms with E-state index >= 15 is 0 Å². The largest absolute Gasteiger partial charge is 0.392 e. The highest BCUT2D eigenvalue weighted by molar-refractivity contribution is 5.70. The molecule has 0 aliphatic heterocycles. The molecule has 0 amide bonds. The molecule has 146 valence electrons. The van der Waals surface area contributed by atoms with Crippen LogP contribution in [0, 0.1) is 17.8 Å². The predicted octanol–water partition coefficient (Wildman–Crippen LogP) is 1.75. The van der Waals surface area contributed by atoms with Crippen molar-refractivity contribution in [2.24, 2.45) is 17.8 Å². The van der Waals surface area contributed by atoms with Gasteiger partial charge < -0.3 is 10.1 Å². The summed E-state index contributed by atoms with van der Waals surface area (Å²) in [5.41, 5.74) is 0.225. The Morgan fingerprint density at radius 2 is 1.93 bits per heavy atom. The molecule has 7 heteroatoms. The zero-order chi connectivity index (χ0) is 18.9. The first-order chi connectivity index (χ1) is 12.9. The van der Waals surface area contributed by atoms with Crippen LogP contribution in [0.25, 0.3) is 11.2 Å². The lowest BCUT2D eigenvalue weighted by Gasteiger charge is -2.30. The van der Waals surface area contributed by atoms with Crippen LogP contribution in [0.2, 0.25) is 0 Å². The summed E-state index contributed by atoms with van der Waals surface area (Å²) < 4.78 is 2.76. The molecule has 2 aromatic rings. The lowest BCUT2D eigenvalue weighted by atomic mass is 9.75. The standard InChI is InChI=1S/C20H28N4O3/c1-3-4-23-17(26)15-16(24(19(23)27)10-11(2)25)22-18(21-15)20-8-12-5-13(9-20)7-14(20)6-12/h11-14,25H,3-10H2,1-2H3,(H,21,22). The van der Waals surface area contributed by atoms with Crippen LogP contribution in [-0.4, -0.2) is 30.3 Å². The Morgan fingerprint density at radius 1 is 1.22 bits per heavy atom. The molecule has 27 heavy (non-hydrogen) atoms. The molecular formula is C20H28N4O3. The molecule has 7 nitrogen and oxygen atoms in total. The van der Waals surface area contributed by atoms with Crippen LogP contribution in [0.4, 0.5) is 0 Å². The number of hydrogen-bond acceptors (Lipinski definition) is 4. The second-order valence-corrected chi connectivity index (χ2v) is 9.18. The molecule has 2 heterocycles. The third-order valence-electron chi connectivity index (χ3n) is 7.22. The average molecular weight is 372 g/mol. The molecule has 0 radical (unpaired) electrons. The second kappa shape index (κ2) is 5.80. The predicted molar refractivity (Wildman–Crippen MR) is 102 cm³/mol. The highest BCUT2D eigenvalue weighted by atomic mass is 16.3. The molecule has 4 fully saturated rings. The molecule has 0 saturated heterocycles. The van der Waals surface area contributed by atoms with Gasteiger partial charge in [0.25, 0.3) is 5.56 Å². The monoisotopic (exact) mass is 372 g/mol. The summed E-state index contributed by atoms with van der Waals surface area (Å²) in [7, 11) is 0. The Bertz CT molecular complexity index is 1000. The van der Waals surface area contributed by atoms with E-state index in [0.29, 0.717) is 30.0 Å². The molecule has 0 aromatic carbocycles. The van der Waals surface area contributed by atoms with E-state index in [2.05, 4.69) is 4.98 Å². The van der Waals surface area contributed by atoms with Crippen molar-refractivity contribution >= 4 is 11.2 Å². The Labute approximate surface area is 157 Å². The van der Waals surface area contributed by atoms with Gasteiger partial charge in [0.05, 0.1) is 12.6 Å². The van der Waals surface area contributed by atoms with E-state index in [1.54, 1.807) is 6.92 Å². The number of aromatic amines is 1. The minimum absolute atomic E-state index is 0.0559. The van der Waals surface area contributed by atoms with E-state index in [-0.39, 0.29) is 23.2 Å². The maximum absolute atomic E-state index is 13.0. The summed E-state index contributed by atoms with van der Waals surface area (Å²) in [5.74, 6) is 3.12. The minimum Gasteiger partial charge on any atom is -0.392 e. The van der Waals surface area contributed by atoms with Gasteiger partial charge in [0.2, 0.25) is 0 Å². The molecule has 2 aromatic heterocycles. The van der Waals surface area contributed by atoms with Crippen LogP contribution in [0.1, 0.15) is 58.2 Å². The number of aromatic nitrogens is 4. The van der Waals surface area contributed by atoms with Crippen LogP contribution < -0.4 is 11.2 Å². The Hall–Kier alpha value is -1.89. The summed E-state index contributed by atoms with van der Waals surface area (Å²) in [6, 6.07) is 0. The topological polar surface area (TPSA) is 92.9 Å². The number of hydrogen-bond donors (Lipinski definition) is 2. The fourth-order valence-corrected chi connectivity index (χ4v) is 6.43. The van der Waals surface area contributed by atoms with Gasteiger partial charge in [0, 0.05) is 12.0 Å². The molecule has 4 aliphatic rings. The summed E-state index contributed by atoms with van der Waals surface area (Å²) in [6.45, 7) is 4.11. The fourth-order valence-electron chi connectivity index (χ4n) is 6.43. The van der Waals surface area contributed by atoms with E-state index in [9.17, 15) is 14.7 Å². The van der Waals surface area contributed by atoms with Gasteiger partial charge in [-0.3, -0.25) is 13.9 Å². The Kier molecular flexibility index (Phi) is 3.70. The van der Waals surface area contributed by atoms with Gasteiger partial charge in [-0.05, 0) is 63.2 Å². The van der Waals surface area contributed by atoms with Gasteiger partial charge in [-0.25, -0.2) is 9.78 Å². The zero-order valence-corrected chi connectivity index (χ0v) is 16.1. The highest BCUT2D eigenvalue weighted by Crippen LogP contribution is 2.65. The zero-order valence-electron chi connectivity index (χ0n) is 16.1. The first-order valence-corrected chi connectivity index (χ1v) is 10.3. The fraction of sp³-hybridized carbons (Fsp3) is 0.750. The number of imidazole rings is 1. The maximum atomic E-state index is 13.0. The highest BCUT2D eigenvalue weighted by Gasteiger charge is 2.59. The molecule has 6 rings (SSSR count). The van der Waals surface area contributed by atoms with Crippen molar-refractivity contribution in [1.82, 2.24) is 19.1 Å². The van der Waals surface area contributed by atoms with Crippen molar-refractivity contribution in [2.45, 2.75) is 77.0 Å². The first-order valence-electron chi connectivity index (χ1n) is 10.3. The van der Waals surface area contributed by atoms with Gasteiger partial charge in [-0.2, -0.15) is 0 Å². The van der Waals surface area contributed by atoms with Gasteiger partial charge in [0.15, 0.2) is 5.65 Å². The van der Waals surface area contributed by atoms with Gasteiger partial charge in [-0.1, -0.05) is 6.92 Å². The van der Waals surface area contributed by atoms with E-state index in [1.807, 2.05) is 6.92 Å². The normalized spacial score (nSPS) is 32.6. The van der Waals surface area contributed by atoms with Gasteiger partial charge >= 0.3 is 5.69 Å². The Morgan fingerprint density at radius 3 is 2.56 bits per heavy atom. The van der Waals surface area contributed by atoms with Crippen LogP contribution in [0.5, 0.6) is 0 Å². The van der Waals surface area contributed by atoms with E-state index < -0.39 is 6.10 Å². The SMILES string of the molecule is CCCn1c(=O)c2[nH]c(C34CC5CC(CC3C5)C4)nc2n(CC(C)O)c1=O. The molecule has 0 spiro atoms. The number of fused-ring (bicyclic) bond motifs is 1. The van der Waals surface area contributed by atoms with Gasteiger partial charge in [-0.15, -0.1) is 0 Å². The molecule has 4 saturated carbocycles. The number of aliphatic hydroxyl groups is 1. The summed E-state index contributed by atoms with van der Waals surface area (Å²) in [6.07, 6.45) is 6.20. The van der Waals surface area contributed by atoms with Crippen LogP contribution in [0.3, 0.4) is 0 Å². The average Bonchev–Trinajstić information content (AvgIpc) is 3.23. The second-order valence-electron chi connectivity index (χ2n) is 9.18. The van der Waals surface area contributed by atoms with Gasteiger partial charge in [0.1, 0.15) is 11.3 Å². The maximum Gasteiger partial charge on any atom is 0.332 e. The molecule has 4 bridgehead atoms. The number of nitrogens with one attached hydrogen (secondary N) is 1. The van der Waals surface area contributed by atoms with Crippen LogP contribution >= 0.6 is 0 Å². The van der Waals surface area contributed by atoms with Crippen LogP contribution in [-0.2, 0) is 18.5 Å². The number of rotatable bonds is 5. The lowest BCUT2D eigenvalue weighted by Crippen LogP contribution is -2.41. The smallest absolute Gasteiger partial charge is 0.332 e. The molecule has 4 aliphatic carbocycles. The van der Waals surface area contributed by atoms with E-state index in [0.717, 1.165) is 30.5 Å².